The molecule has 1 N–H and O–H groups in total. The summed E-state index contributed by atoms with van der Waals surface area (Å²) in [7, 11) is 0. The van der Waals surface area contributed by atoms with Gasteiger partial charge in [0.15, 0.2) is 0 Å². The Hall–Kier alpha value is -3.41. The number of imide groups is 1. The lowest BCUT2D eigenvalue weighted by Gasteiger charge is -2.26. The van der Waals surface area contributed by atoms with Gasteiger partial charge in [-0.1, -0.05) is 36.4 Å². The topological polar surface area (TPSA) is 79.6 Å². The van der Waals surface area contributed by atoms with Crippen molar-refractivity contribution in [2.75, 3.05) is 6.54 Å². The van der Waals surface area contributed by atoms with E-state index in [1.165, 1.54) is 0 Å². The maximum absolute atomic E-state index is 12.5. The van der Waals surface area contributed by atoms with Crippen LogP contribution in [0.2, 0.25) is 0 Å². The minimum Gasteiger partial charge on any atom is -0.459 e. The fourth-order valence-electron chi connectivity index (χ4n) is 3.44. The van der Waals surface area contributed by atoms with Gasteiger partial charge in [-0.2, -0.15) is 0 Å². The Balaban J connectivity index is 1.37. The summed E-state index contributed by atoms with van der Waals surface area (Å²) in [5.41, 5.74) is 2.02. The van der Waals surface area contributed by atoms with E-state index < -0.39 is 0 Å². The van der Waals surface area contributed by atoms with Crippen molar-refractivity contribution in [3.8, 4) is 0 Å². The first-order valence-corrected chi connectivity index (χ1v) is 9.23. The van der Waals surface area contributed by atoms with Crippen molar-refractivity contribution in [3.05, 3.63) is 71.5 Å². The molecule has 0 saturated carbocycles. The zero-order valence-corrected chi connectivity index (χ0v) is 15.5. The number of nitrogens with zero attached hydrogens (tertiary/aromatic N) is 1. The zero-order valence-electron chi connectivity index (χ0n) is 15.5. The van der Waals surface area contributed by atoms with Crippen LogP contribution < -0.4 is 5.32 Å². The molecule has 0 unspecified atom stereocenters. The molecule has 1 aliphatic heterocycles. The number of furan rings is 1. The monoisotopic (exact) mass is 376 g/mol. The van der Waals surface area contributed by atoms with Crippen LogP contribution in [0.5, 0.6) is 0 Å². The zero-order chi connectivity index (χ0) is 19.7. The molecule has 0 aliphatic carbocycles. The normalized spacial score (nSPS) is 14.8. The Labute approximate surface area is 162 Å². The van der Waals surface area contributed by atoms with E-state index in [1.807, 2.05) is 43.3 Å². The number of carbonyl (C=O) groups is 3. The summed E-state index contributed by atoms with van der Waals surface area (Å²) in [5.74, 6) is -0.201. The fraction of sp³-hybridized carbons (Fsp3) is 0.227. The summed E-state index contributed by atoms with van der Waals surface area (Å²) in [6.07, 6.45) is 0.225. The molecule has 0 spiro atoms. The molecule has 0 fully saturated rings. The van der Waals surface area contributed by atoms with Gasteiger partial charge in [-0.05, 0) is 30.7 Å². The lowest BCUT2D eigenvalue weighted by Crippen LogP contribution is -2.44. The number of rotatable bonds is 5. The van der Waals surface area contributed by atoms with E-state index in [4.69, 9.17) is 4.42 Å². The standard InChI is InChI=1S/C22H20N2O4/c1-14(19-12-16-7-3-5-9-18(16)28-19)23-20(25)10-11-24-21(26)13-15-6-2-4-8-17(15)22(24)27/h2-9,12,14H,10-11,13H2,1H3,(H,23,25)/t14-/m0/s1. The third kappa shape index (κ3) is 3.41. The molecule has 1 aliphatic rings. The molecule has 1 atom stereocenters. The molecule has 2 heterocycles. The summed E-state index contributed by atoms with van der Waals surface area (Å²) < 4.78 is 5.76. The van der Waals surface area contributed by atoms with Crippen LogP contribution in [0.1, 0.15) is 41.1 Å². The molecule has 4 rings (SSSR count). The van der Waals surface area contributed by atoms with Crippen molar-refractivity contribution in [3.63, 3.8) is 0 Å². The minimum absolute atomic E-state index is 0.0458. The van der Waals surface area contributed by atoms with E-state index in [-0.39, 0.29) is 43.1 Å². The predicted molar refractivity (Wildman–Crippen MR) is 104 cm³/mol. The van der Waals surface area contributed by atoms with E-state index in [0.717, 1.165) is 21.4 Å². The lowest BCUT2D eigenvalue weighted by atomic mass is 9.98. The van der Waals surface area contributed by atoms with Gasteiger partial charge in [-0.25, -0.2) is 0 Å². The second kappa shape index (κ2) is 7.31. The Morgan fingerprint density at radius 2 is 1.89 bits per heavy atom. The van der Waals surface area contributed by atoms with Crippen molar-refractivity contribution in [2.45, 2.75) is 25.8 Å². The Bertz CT molecular complexity index is 1040. The number of nitrogens with one attached hydrogen (secondary N) is 1. The van der Waals surface area contributed by atoms with Crippen molar-refractivity contribution in [1.82, 2.24) is 10.2 Å². The summed E-state index contributed by atoms with van der Waals surface area (Å²) in [5, 5.41) is 3.84. The van der Waals surface area contributed by atoms with Crippen LogP contribution in [0, 0.1) is 0 Å². The lowest BCUT2D eigenvalue weighted by molar-refractivity contribution is -0.129. The van der Waals surface area contributed by atoms with E-state index >= 15 is 0 Å². The molecule has 0 radical (unpaired) electrons. The smallest absolute Gasteiger partial charge is 0.260 e. The molecule has 6 heteroatoms. The first-order valence-electron chi connectivity index (χ1n) is 9.23. The van der Waals surface area contributed by atoms with E-state index in [1.54, 1.807) is 18.2 Å². The van der Waals surface area contributed by atoms with Gasteiger partial charge >= 0.3 is 0 Å². The molecule has 3 aromatic rings. The number of para-hydroxylation sites is 1. The molecule has 3 amide bonds. The molecule has 0 bridgehead atoms. The van der Waals surface area contributed by atoms with Gasteiger partial charge < -0.3 is 9.73 Å². The van der Waals surface area contributed by atoms with Gasteiger partial charge in [0.05, 0.1) is 12.5 Å². The molecule has 0 saturated heterocycles. The fourth-order valence-corrected chi connectivity index (χ4v) is 3.44. The Morgan fingerprint density at radius 3 is 2.71 bits per heavy atom. The van der Waals surface area contributed by atoms with Crippen LogP contribution in [-0.4, -0.2) is 29.2 Å². The molecule has 2 aromatic carbocycles. The number of carbonyl (C=O) groups excluding carboxylic acids is 3. The minimum atomic E-state index is -0.343. The number of benzene rings is 2. The molecule has 6 nitrogen and oxygen atoms in total. The number of fused-ring (bicyclic) bond motifs is 2. The average Bonchev–Trinajstić information content (AvgIpc) is 3.12. The highest BCUT2D eigenvalue weighted by Gasteiger charge is 2.30. The van der Waals surface area contributed by atoms with Gasteiger partial charge in [0.2, 0.25) is 11.8 Å². The van der Waals surface area contributed by atoms with Crippen LogP contribution in [0.15, 0.2) is 59.0 Å². The van der Waals surface area contributed by atoms with Crippen molar-refractivity contribution in [2.24, 2.45) is 0 Å². The van der Waals surface area contributed by atoms with Gasteiger partial charge in [0.1, 0.15) is 11.3 Å². The summed E-state index contributed by atoms with van der Waals surface area (Å²) in [4.78, 5) is 38.3. The van der Waals surface area contributed by atoms with Crippen LogP contribution in [0.4, 0.5) is 0 Å². The van der Waals surface area contributed by atoms with Crippen molar-refractivity contribution < 1.29 is 18.8 Å². The van der Waals surface area contributed by atoms with Crippen LogP contribution in [-0.2, 0) is 16.0 Å². The van der Waals surface area contributed by atoms with Crippen LogP contribution in [0.25, 0.3) is 11.0 Å². The van der Waals surface area contributed by atoms with E-state index in [9.17, 15) is 14.4 Å². The van der Waals surface area contributed by atoms with Gasteiger partial charge in [-0.3, -0.25) is 19.3 Å². The highest BCUT2D eigenvalue weighted by atomic mass is 16.3. The number of amides is 3. The Morgan fingerprint density at radius 1 is 1.14 bits per heavy atom. The van der Waals surface area contributed by atoms with Crippen LogP contribution >= 0.6 is 0 Å². The first kappa shape index (κ1) is 18.0. The highest BCUT2D eigenvalue weighted by Crippen LogP contribution is 2.24. The molecular weight excluding hydrogens is 356 g/mol. The highest BCUT2D eigenvalue weighted by molar-refractivity contribution is 6.09. The second-order valence-corrected chi connectivity index (χ2v) is 6.91. The van der Waals surface area contributed by atoms with Gasteiger partial charge in [0.25, 0.3) is 5.91 Å². The summed E-state index contributed by atoms with van der Waals surface area (Å²) >= 11 is 0. The van der Waals surface area contributed by atoms with Gasteiger partial charge in [0, 0.05) is 23.9 Å². The van der Waals surface area contributed by atoms with Gasteiger partial charge in [-0.15, -0.1) is 0 Å². The van der Waals surface area contributed by atoms with Crippen LogP contribution in [0.3, 0.4) is 0 Å². The maximum Gasteiger partial charge on any atom is 0.260 e. The third-order valence-electron chi connectivity index (χ3n) is 4.95. The summed E-state index contributed by atoms with van der Waals surface area (Å²) in [6, 6.07) is 16.3. The first-order chi connectivity index (χ1) is 13.5. The maximum atomic E-state index is 12.5. The average molecular weight is 376 g/mol. The number of hydrogen-bond donors (Lipinski definition) is 1. The van der Waals surface area contributed by atoms with Crippen molar-refractivity contribution >= 4 is 28.7 Å². The largest absolute Gasteiger partial charge is 0.459 e. The molecule has 28 heavy (non-hydrogen) atoms. The molecule has 142 valence electrons. The third-order valence-corrected chi connectivity index (χ3v) is 4.95. The van der Waals surface area contributed by atoms with E-state index in [0.29, 0.717) is 11.3 Å². The quantitative estimate of drug-likeness (QED) is 0.694. The summed E-state index contributed by atoms with van der Waals surface area (Å²) in [6.45, 7) is 1.90. The van der Waals surface area contributed by atoms with E-state index in [2.05, 4.69) is 5.32 Å². The van der Waals surface area contributed by atoms with Crippen molar-refractivity contribution in [1.29, 1.82) is 0 Å². The SMILES string of the molecule is C[C@H](NC(=O)CCN1C(=O)Cc2ccccc2C1=O)c1cc2ccccc2o1. The predicted octanol–water partition coefficient (Wildman–Crippen LogP) is 3.23. The number of hydrogen-bond acceptors (Lipinski definition) is 4. The Kier molecular flexibility index (Phi) is 4.69. The molecular formula is C22H20N2O4. The molecule has 1 aromatic heterocycles. The second-order valence-electron chi connectivity index (χ2n) is 6.91.